The van der Waals surface area contributed by atoms with Gasteiger partial charge in [-0.25, -0.2) is 0 Å². The average Bonchev–Trinajstić information content (AvgIpc) is 3.06. The van der Waals surface area contributed by atoms with Gasteiger partial charge in [-0.05, 0) is 37.8 Å². The molecule has 0 unspecified atom stereocenters. The molecule has 1 fully saturated rings. The van der Waals surface area contributed by atoms with Crippen molar-refractivity contribution in [2.45, 2.75) is 52.1 Å². The van der Waals surface area contributed by atoms with Gasteiger partial charge in [0.05, 0.1) is 5.69 Å². The number of aromatic nitrogens is 2. The van der Waals surface area contributed by atoms with Gasteiger partial charge >= 0.3 is 0 Å². The zero-order valence-corrected chi connectivity index (χ0v) is 17.7. The van der Waals surface area contributed by atoms with Crippen molar-refractivity contribution >= 4 is 11.6 Å². The smallest absolute Gasteiger partial charge is 0.191 e. The Labute approximate surface area is 169 Å². The van der Waals surface area contributed by atoms with Gasteiger partial charge in [-0.15, -0.1) is 0 Å². The van der Waals surface area contributed by atoms with E-state index in [0.717, 1.165) is 51.3 Å². The van der Waals surface area contributed by atoms with Crippen LogP contribution in [-0.2, 0) is 26.4 Å². The highest BCUT2D eigenvalue weighted by molar-refractivity contribution is 5.80. The van der Waals surface area contributed by atoms with Crippen LogP contribution in [0.1, 0.15) is 43.6 Å². The number of nitrogens with one attached hydrogen (secondary N) is 2. The van der Waals surface area contributed by atoms with Gasteiger partial charge < -0.3 is 15.5 Å². The van der Waals surface area contributed by atoms with Crippen LogP contribution in [0.15, 0.2) is 35.3 Å². The largest absolute Gasteiger partial charge is 0.371 e. The van der Waals surface area contributed by atoms with E-state index in [1.165, 1.54) is 22.6 Å². The topological polar surface area (TPSA) is 57.5 Å². The fourth-order valence-electron chi connectivity index (χ4n) is 4.07. The standard InChI is InChI=1S/C22H34N6/c1-5-20-19(21(6-2)27(4)26-20)16-24-22(23-3)25-17-12-14-28(15-13-17)18-10-8-7-9-11-18/h7-11,17H,5-6,12-16H2,1-4H3,(H2,23,24,25). The van der Waals surface area contributed by atoms with Crippen molar-refractivity contribution in [3.05, 3.63) is 47.3 Å². The highest BCUT2D eigenvalue weighted by atomic mass is 15.3. The zero-order valence-electron chi connectivity index (χ0n) is 17.7. The molecular weight excluding hydrogens is 348 g/mol. The molecule has 0 amide bonds. The molecule has 0 radical (unpaired) electrons. The van der Waals surface area contributed by atoms with E-state index in [1.807, 2.05) is 18.8 Å². The first-order valence-corrected chi connectivity index (χ1v) is 10.5. The van der Waals surface area contributed by atoms with Gasteiger partial charge in [-0.1, -0.05) is 32.0 Å². The second-order valence-electron chi connectivity index (χ2n) is 7.37. The molecule has 6 heteroatoms. The zero-order chi connectivity index (χ0) is 19.9. The summed E-state index contributed by atoms with van der Waals surface area (Å²) in [5.74, 6) is 0.881. The summed E-state index contributed by atoms with van der Waals surface area (Å²) in [6.07, 6.45) is 4.17. The summed E-state index contributed by atoms with van der Waals surface area (Å²) in [4.78, 5) is 6.91. The summed E-state index contributed by atoms with van der Waals surface area (Å²) < 4.78 is 2.02. The molecule has 1 aliphatic heterocycles. The molecule has 2 heterocycles. The Morgan fingerprint density at radius 1 is 1.14 bits per heavy atom. The van der Waals surface area contributed by atoms with Gasteiger partial charge in [0, 0.05) is 56.7 Å². The van der Waals surface area contributed by atoms with E-state index in [9.17, 15) is 0 Å². The summed E-state index contributed by atoms with van der Waals surface area (Å²) in [7, 11) is 3.88. The molecule has 6 nitrogen and oxygen atoms in total. The lowest BCUT2D eigenvalue weighted by molar-refractivity contribution is 0.461. The van der Waals surface area contributed by atoms with Crippen molar-refractivity contribution in [1.29, 1.82) is 0 Å². The third-order valence-electron chi connectivity index (χ3n) is 5.64. The fraction of sp³-hybridized carbons (Fsp3) is 0.545. The lowest BCUT2D eigenvalue weighted by atomic mass is 10.0. The molecule has 2 N–H and O–H groups in total. The van der Waals surface area contributed by atoms with Crippen molar-refractivity contribution in [3.8, 4) is 0 Å². The minimum absolute atomic E-state index is 0.455. The molecule has 0 bridgehead atoms. The molecule has 1 aromatic carbocycles. The van der Waals surface area contributed by atoms with Gasteiger partial charge in [0.25, 0.3) is 0 Å². The Morgan fingerprint density at radius 3 is 2.46 bits per heavy atom. The number of anilines is 1. The lowest BCUT2D eigenvalue weighted by Gasteiger charge is -2.34. The van der Waals surface area contributed by atoms with Gasteiger partial charge in [0.2, 0.25) is 0 Å². The molecule has 1 aromatic heterocycles. The molecule has 0 saturated carbocycles. The third kappa shape index (κ3) is 4.66. The van der Waals surface area contributed by atoms with E-state index < -0.39 is 0 Å². The van der Waals surface area contributed by atoms with Crippen LogP contribution in [0.5, 0.6) is 0 Å². The molecule has 3 rings (SSSR count). The Morgan fingerprint density at radius 2 is 1.86 bits per heavy atom. The summed E-state index contributed by atoms with van der Waals surface area (Å²) in [5, 5.41) is 11.8. The van der Waals surface area contributed by atoms with Crippen molar-refractivity contribution in [2.75, 3.05) is 25.0 Å². The number of hydrogen-bond acceptors (Lipinski definition) is 3. The minimum Gasteiger partial charge on any atom is -0.371 e. The average molecular weight is 383 g/mol. The first-order chi connectivity index (χ1) is 13.7. The van der Waals surface area contributed by atoms with Crippen LogP contribution in [0.25, 0.3) is 0 Å². The number of nitrogens with zero attached hydrogens (tertiary/aromatic N) is 4. The number of aliphatic imine (C=N–C) groups is 1. The predicted molar refractivity (Wildman–Crippen MR) is 117 cm³/mol. The molecule has 0 aliphatic carbocycles. The number of aryl methyl sites for hydroxylation is 2. The first kappa shape index (κ1) is 20.2. The maximum atomic E-state index is 4.67. The van der Waals surface area contributed by atoms with Crippen LogP contribution < -0.4 is 15.5 Å². The van der Waals surface area contributed by atoms with E-state index in [4.69, 9.17) is 0 Å². The maximum Gasteiger partial charge on any atom is 0.191 e. The van der Waals surface area contributed by atoms with Crippen LogP contribution in [0.2, 0.25) is 0 Å². The Hall–Kier alpha value is -2.50. The van der Waals surface area contributed by atoms with Crippen LogP contribution >= 0.6 is 0 Å². The predicted octanol–water partition coefficient (Wildman–Crippen LogP) is 2.88. The first-order valence-electron chi connectivity index (χ1n) is 10.5. The molecule has 0 atom stereocenters. The van der Waals surface area contributed by atoms with Gasteiger partial charge in [0.1, 0.15) is 0 Å². The lowest BCUT2D eigenvalue weighted by Crippen LogP contribution is -2.48. The van der Waals surface area contributed by atoms with Crippen molar-refractivity contribution in [1.82, 2.24) is 20.4 Å². The number of guanidine groups is 1. The normalized spacial score (nSPS) is 15.7. The van der Waals surface area contributed by atoms with Gasteiger partial charge in [-0.3, -0.25) is 9.67 Å². The molecule has 152 valence electrons. The van der Waals surface area contributed by atoms with Crippen LogP contribution in [0, 0.1) is 0 Å². The van der Waals surface area contributed by atoms with E-state index >= 15 is 0 Å². The van der Waals surface area contributed by atoms with E-state index in [-0.39, 0.29) is 0 Å². The van der Waals surface area contributed by atoms with Crippen LogP contribution in [-0.4, -0.2) is 41.9 Å². The van der Waals surface area contributed by atoms with E-state index in [0.29, 0.717) is 6.04 Å². The molecule has 1 saturated heterocycles. The summed E-state index contributed by atoms with van der Waals surface area (Å²) >= 11 is 0. The Kier molecular flexibility index (Phi) is 6.95. The number of piperidine rings is 1. The number of benzene rings is 1. The van der Waals surface area contributed by atoms with E-state index in [2.05, 4.69) is 69.8 Å². The van der Waals surface area contributed by atoms with Crippen molar-refractivity contribution in [2.24, 2.45) is 12.0 Å². The molecule has 2 aromatic rings. The Bertz CT molecular complexity index is 772. The van der Waals surface area contributed by atoms with Crippen LogP contribution in [0.4, 0.5) is 5.69 Å². The highest BCUT2D eigenvalue weighted by Gasteiger charge is 2.20. The monoisotopic (exact) mass is 382 g/mol. The van der Waals surface area contributed by atoms with Gasteiger partial charge in [-0.2, -0.15) is 5.10 Å². The highest BCUT2D eigenvalue weighted by Crippen LogP contribution is 2.19. The number of rotatable bonds is 6. The molecular formula is C22H34N6. The number of para-hydroxylation sites is 1. The second-order valence-corrected chi connectivity index (χ2v) is 7.37. The maximum absolute atomic E-state index is 4.67. The van der Waals surface area contributed by atoms with Crippen molar-refractivity contribution in [3.63, 3.8) is 0 Å². The molecule has 1 aliphatic rings. The quantitative estimate of drug-likeness (QED) is 0.596. The van der Waals surface area contributed by atoms with Gasteiger partial charge in [0.15, 0.2) is 5.96 Å². The fourth-order valence-corrected chi connectivity index (χ4v) is 4.07. The van der Waals surface area contributed by atoms with E-state index in [1.54, 1.807) is 0 Å². The molecule has 0 spiro atoms. The van der Waals surface area contributed by atoms with Crippen LogP contribution in [0.3, 0.4) is 0 Å². The second kappa shape index (κ2) is 9.62. The van der Waals surface area contributed by atoms with Crippen molar-refractivity contribution < 1.29 is 0 Å². The molecule has 28 heavy (non-hydrogen) atoms. The summed E-state index contributed by atoms with van der Waals surface area (Å²) in [6, 6.07) is 11.1. The Balaban J connectivity index is 1.54. The number of hydrogen-bond donors (Lipinski definition) is 2. The minimum atomic E-state index is 0.455. The summed E-state index contributed by atoms with van der Waals surface area (Å²) in [5.41, 5.74) is 5.11. The SMILES string of the molecule is CCc1nn(C)c(CC)c1CNC(=NC)NC1CCN(c2ccccc2)CC1. The summed E-state index contributed by atoms with van der Waals surface area (Å²) in [6.45, 7) is 7.26. The third-order valence-corrected chi connectivity index (χ3v) is 5.64.